The fourth-order valence-electron chi connectivity index (χ4n) is 2.46. The number of nitrogens with zero attached hydrogens (tertiary/aromatic N) is 1. The molecule has 2 aromatic carbocycles. The highest BCUT2D eigenvalue weighted by Gasteiger charge is 2.18. The van der Waals surface area contributed by atoms with E-state index in [9.17, 15) is 4.79 Å². The number of halogens is 1. The molecule has 1 amide bonds. The van der Waals surface area contributed by atoms with Crippen molar-refractivity contribution in [2.45, 2.75) is 13.8 Å². The first kappa shape index (κ1) is 19.9. The maximum atomic E-state index is 12.6. The van der Waals surface area contributed by atoms with Gasteiger partial charge in [-0.2, -0.15) is 0 Å². The molecule has 0 N–H and O–H groups in total. The molecule has 0 aliphatic heterocycles. The zero-order valence-corrected chi connectivity index (χ0v) is 16.3. The third-order valence-corrected chi connectivity index (χ3v) is 4.08. The Morgan fingerprint density at radius 1 is 1.19 bits per heavy atom. The van der Waals surface area contributed by atoms with E-state index in [0.29, 0.717) is 41.8 Å². The molecule has 0 radical (unpaired) electrons. The van der Waals surface area contributed by atoms with Crippen LogP contribution in [0.1, 0.15) is 22.8 Å². The molecule has 2 rings (SSSR count). The first-order valence-corrected chi connectivity index (χ1v) is 8.79. The van der Waals surface area contributed by atoms with E-state index in [1.807, 2.05) is 38.1 Å². The summed E-state index contributed by atoms with van der Waals surface area (Å²) in [5, 5.41) is 0.346. The molecule has 0 bridgehead atoms. The van der Waals surface area contributed by atoms with Crippen LogP contribution >= 0.6 is 11.6 Å². The molecule has 0 saturated heterocycles. The van der Waals surface area contributed by atoms with Crippen molar-refractivity contribution in [3.05, 3.63) is 52.5 Å². The normalized spacial score (nSPS) is 10.3. The highest BCUT2D eigenvalue weighted by atomic mass is 35.5. The Morgan fingerprint density at radius 2 is 1.96 bits per heavy atom. The Hall–Kier alpha value is -2.40. The van der Waals surface area contributed by atoms with E-state index in [0.717, 1.165) is 11.3 Å². The minimum absolute atomic E-state index is 0.166. The van der Waals surface area contributed by atoms with E-state index in [1.54, 1.807) is 24.1 Å². The predicted octanol–water partition coefficient (Wildman–Crippen LogP) is 4.21. The Balaban J connectivity index is 2.02. The molecule has 6 heteroatoms. The van der Waals surface area contributed by atoms with Crippen molar-refractivity contribution in [3.8, 4) is 17.2 Å². The van der Waals surface area contributed by atoms with E-state index in [-0.39, 0.29) is 5.91 Å². The quantitative estimate of drug-likeness (QED) is 0.691. The van der Waals surface area contributed by atoms with E-state index in [1.165, 1.54) is 7.11 Å². The van der Waals surface area contributed by atoms with Crippen LogP contribution in [0.15, 0.2) is 36.4 Å². The number of aryl methyl sites for hydroxylation is 1. The maximum Gasteiger partial charge on any atom is 0.253 e. The van der Waals surface area contributed by atoms with Crippen LogP contribution < -0.4 is 14.2 Å². The lowest BCUT2D eigenvalue weighted by atomic mass is 10.1. The van der Waals surface area contributed by atoms with Crippen LogP contribution in [0.3, 0.4) is 0 Å². The monoisotopic (exact) mass is 377 g/mol. The van der Waals surface area contributed by atoms with Gasteiger partial charge in [0.25, 0.3) is 5.91 Å². The summed E-state index contributed by atoms with van der Waals surface area (Å²) in [4.78, 5) is 14.2. The van der Waals surface area contributed by atoms with Gasteiger partial charge in [-0.1, -0.05) is 23.7 Å². The largest absolute Gasteiger partial charge is 0.493 e. The van der Waals surface area contributed by atoms with Gasteiger partial charge in [0.15, 0.2) is 11.5 Å². The van der Waals surface area contributed by atoms with Crippen LogP contribution in [0.5, 0.6) is 17.2 Å². The summed E-state index contributed by atoms with van der Waals surface area (Å²) in [6.07, 6.45) is 0. The van der Waals surface area contributed by atoms with Crippen LogP contribution in [0.2, 0.25) is 5.02 Å². The molecule has 2 aromatic rings. The summed E-state index contributed by atoms with van der Waals surface area (Å²) in [6.45, 7) is 5.16. The standard InChI is InChI=1S/C20H24ClNO4/c1-5-25-19-17(21)12-15(13-18(19)24-4)20(23)22(3)9-10-26-16-8-6-7-14(2)11-16/h6-8,11-13H,5,9-10H2,1-4H3. The summed E-state index contributed by atoms with van der Waals surface area (Å²) in [5.41, 5.74) is 1.57. The number of benzene rings is 2. The Bertz CT molecular complexity index is 763. The van der Waals surface area contributed by atoms with Crippen molar-refractivity contribution >= 4 is 17.5 Å². The second-order valence-electron chi connectivity index (χ2n) is 5.81. The fraction of sp³-hybridized carbons (Fsp3) is 0.350. The molecule has 0 spiro atoms. The van der Waals surface area contributed by atoms with Gasteiger partial charge in [0, 0.05) is 12.6 Å². The molecule has 140 valence electrons. The highest BCUT2D eigenvalue weighted by Crippen LogP contribution is 2.36. The van der Waals surface area contributed by atoms with Crippen LogP contribution in [0.25, 0.3) is 0 Å². The third-order valence-electron chi connectivity index (χ3n) is 3.80. The minimum atomic E-state index is -0.166. The Morgan fingerprint density at radius 3 is 2.62 bits per heavy atom. The average Bonchev–Trinajstić information content (AvgIpc) is 2.62. The summed E-state index contributed by atoms with van der Waals surface area (Å²) in [6, 6.07) is 11.0. The van der Waals surface area contributed by atoms with E-state index < -0.39 is 0 Å². The summed E-state index contributed by atoms with van der Waals surface area (Å²) >= 11 is 6.24. The average molecular weight is 378 g/mol. The first-order chi connectivity index (χ1) is 12.5. The smallest absolute Gasteiger partial charge is 0.253 e. The number of ether oxygens (including phenoxy) is 3. The van der Waals surface area contributed by atoms with Gasteiger partial charge in [-0.05, 0) is 43.7 Å². The molecule has 0 aliphatic rings. The molecule has 0 fully saturated rings. The Labute approximate surface area is 159 Å². The predicted molar refractivity (Wildman–Crippen MR) is 103 cm³/mol. The Kier molecular flexibility index (Phi) is 7.16. The lowest BCUT2D eigenvalue weighted by Crippen LogP contribution is -2.30. The van der Waals surface area contributed by atoms with Crippen LogP contribution in [0.4, 0.5) is 0 Å². The van der Waals surface area contributed by atoms with Crippen LogP contribution in [-0.4, -0.2) is 44.7 Å². The van der Waals surface area contributed by atoms with E-state index >= 15 is 0 Å². The van der Waals surface area contributed by atoms with Gasteiger partial charge >= 0.3 is 0 Å². The number of hydrogen-bond donors (Lipinski definition) is 0. The van der Waals surface area contributed by atoms with Crippen molar-refractivity contribution < 1.29 is 19.0 Å². The molecule has 0 saturated carbocycles. The number of hydrogen-bond acceptors (Lipinski definition) is 4. The van der Waals surface area contributed by atoms with Crippen LogP contribution in [0, 0.1) is 6.92 Å². The summed E-state index contributed by atoms with van der Waals surface area (Å²) in [5.74, 6) is 1.50. The molecule has 0 aromatic heterocycles. The van der Waals surface area contributed by atoms with Crippen molar-refractivity contribution in [2.24, 2.45) is 0 Å². The van der Waals surface area contributed by atoms with Crippen molar-refractivity contribution in [3.63, 3.8) is 0 Å². The lowest BCUT2D eigenvalue weighted by molar-refractivity contribution is 0.0773. The molecular weight excluding hydrogens is 354 g/mol. The van der Waals surface area contributed by atoms with Gasteiger partial charge in [0.05, 0.1) is 25.3 Å². The summed E-state index contributed by atoms with van der Waals surface area (Å²) in [7, 11) is 3.24. The van der Waals surface area contributed by atoms with Crippen molar-refractivity contribution in [1.29, 1.82) is 0 Å². The van der Waals surface area contributed by atoms with Crippen molar-refractivity contribution in [1.82, 2.24) is 4.90 Å². The van der Waals surface area contributed by atoms with Gasteiger partial charge < -0.3 is 19.1 Å². The second kappa shape index (κ2) is 9.34. The van der Waals surface area contributed by atoms with Gasteiger partial charge in [-0.15, -0.1) is 0 Å². The lowest BCUT2D eigenvalue weighted by Gasteiger charge is -2.19. The zero-order valence-electron chi connectivity index (χ0n) is 15.5. The number of amides is 1. The van der Waals surface area contributed by atoms with E-state index in [4.69, 9.17) is 25.8 Å². The number of carbonyl (C=O) groups excluding carboxylic acids is 1. The molecule has 0 heterocycles. The second-order valence-corrected chi connectivity index (χ2v) is 6.22. The molecule has 26 heavy (non-hydrogen) atoms. The van der Waals surface area contributed by atoms with Gasteiger partial charge in [0.1, 0.15) is 12.4 Å². The maximum absolute atomic E-state index is 12.6. The molecule has 5 nitrogen and oxygen atoms in total. The molecular formula is C20H24ClNO4. The summed E-state index contributed by atoms with van der Waals surface area (Å²) < 4.78 is 16.5. The third kappa shape index (κ3) is 5.05. The topological polar surface area (TPSA) is 48.0 Å². The molecule has 0 aliphatic carbocycles. The van der Waals surface area contributed by atoms with Gasteiger partial charge in [0.2, 0.25) is 0 Å². The number of carbonyl (C=O) groups is 1. The number of methoxy groups -OCH3 is 1. The van der Waals surface area contributed by atoms with E-state index in [2.05, 4.69) is 0 Å². The highest BCUT2D eigenvalue weighted by molar-refractivity contribution is 6.32. The molecule has 0 unspecified atom stereocenters. The van der Waals surface area contributed by atoms with Gasteiger partial charge in [-0.3, -0.25) is 4.79 Å². The minimum Gasteiger partial charge on any atom is -0.493 e. The first-order valence-electron chi connectivity index (χ1n) is 8.41. The van der Waals surface area contributed by atoms with Crippen molar-refractivity contribution in [2.75, 3.05) is 33.9 Å². The fourth-order valence-corrected chi connectivity index (χ4v) is 2.72. The van der Waals surface area contributed by atoms with Crippen LogP contribution in [-0.2, 0) is 0 Å². The SMILES string of the molecule is CCOc1c(Cl)cc(C(=O)N(C)CCOc2cccc(C)c2)cc1OC. The van der Waals surface area contributed by atoms with Gasteiger partial charge in [-0.25, -0.2) is 0 Å². The zero-order chi connectivity index (χ0) is 19.1. The number of rotatable bonds is 8. The number of likely N-dealkylation sites (N-methyl/N-ethyl adjacent to an activating group) is 1. The molecule has 0 atom stereocenters.